The molecule has 7 nitrogen and oxygen atoms in total. The molecule has 2 heterocycles. The number of methoxy groups -OCH3 is 3. The molecule has 0 saturated heterocycles. The van der Waals surface area contributed by atoms with E-state index in [9.17, 15) is 4.79 Å². The second-order valence-corrected chi connectivity index (χ2v) is 8.77. The van der Waals surface area contributed by atoms with Crippen molar-refractivity contribution in [2.75, 3.05) is 26.2 Å². The highest BCUT2D eigenvalue weighted by Gasteiger charge is 2.25. The molecule has 2 aromatic heterocycles. The lowest BCUT2D eigenvalue weighted by Crippen LogP contribution is -2.31. The Balaban J connectivity index is 1.58. The van der Waals surface area contributed by atoms with Gasteiger partial charge in [0, 0.05) is 17.2 Å². The molecule has 0 aliphatic heterocycles. The van der Waals surface area contributed by atoms with Crippen LogP contribution in [0.3, 0.4) is 0 Å². The van der Waals surface area contributed by atoms with Crippen molar-refractivity contribution >= 4 is 34.4 Å². The van der Waals surface area contributed by atoms with Gasteiger partial charge in [0.05, 0.1) is 27.9 Å². The molecular formula is C28H24N2O5S. The Morgan fingerprint density at radius 3 is 2.50 bits per heavy atom. The number of anilines is 1. The fraction of sp³-hybridized carbons (Fsp3) is 0.143. The van der Waals surface area contributed by atoms with Crippen LogP contribution < -0.4 is 19.1 Å². The quantitative estimate of drug-likeness (QED) is 0.244. The van der Waals surface area contributed by atoms with Crippen LogP contribution in [0.4, 0.5) is 6.01 Å². The lowest BCUT2D eigenvalue weighted by Gasteiger charge is -2.21. The summed E-state index contributed by atoms with van der Waals surface area (Å²) in [6, 6.07) is 20.5. The molecule has 0 N–H and O–H groups in total. The highest BCUT2D eigenvalue weighted by Crippen LogP contribution is 2.32. The summed E-state index contributed by atoms with van der Waals surface area (Å²) in [6.07, 6.45) is 0. The highest BCUT2D eigenvalue weighted by molar-refractivity contribution is 7.08. The molecule has 182 valence electrons. The van der Waals surface area contributed by atoms with Crippen LogP contribution in [0, 0.1) is 0 Å². The highest BCUT2D eigenvalue weighted by atomic mass is 32.1. The van der Waals surface area contributed by atoms with Gasteiger partial charge in [0.2, 0.25) is 0 Å². The first-order chi connectivity index (χ1) is 17.6. The van der Waals surface area contributed by atoms with Crippen LogP contribution in [-0.4, -0.2) is 32.2 Å². The van der Waals surface area contributed by atoms with Gasteiger partial charge in [-0.25, -0.2) is 0 Å². The standard InChI is InChI=1S/C28H24N2O5S/c1-32-22-6-4-5-19(13-22)27(31)30(16-20-7-9-23(33-2)15-25(20)34-3)28-29-24-10-8-18(14-26(24)35-28)21-11-12-36-17-21/h4-15,17H,16H2,1-3H3. The first-order valence-corrected chi connectivity index (χ1v) is 12.1. The van der Waals surface area contributed by atoms with E-state index in [1.807, 2.05) is 35.7 Å². The lowest BCUT2D eigenvalue weighted by atomic mass is 10.1. The smallest absolute Gasteiger partial charge is 0.305 e. The van der Waals surface area contributed by atoms with Gasteiger partial charge in [0.1, 0.15) is 22.8 Å². The number of carbonyl (C=O) groups is 1. The van der Waals surface area contributed by atoms with Crippen molar-refractivity contribution in [1.82, 2.24) is 4.98 Å². The van der Waals surface area contributed by atoms with Gasteiger partial charge in [0.25, 0.3) is 5.91 Å². The Hall–Kier alpha value is -4.30. The third-order valence-corrected chi connectivity index (χ3v) is 6.53. The van der Waals surface area contributed by atoms with Gasteiger partial charge in [-0.15, -0.1) is 0 Å². The van der Waals surface area contributed by atoms with Crippen LogP contribution in [0.15, 0.2) is 81.9 Å². The van der Waals surface area contributed by atoms with E-state index < -0.39 is 0 Å². The fourth-order valence-electron chi connectivity index (χ4n) is 3.93. The van der Waals surface area contributed by atoms with Crippen molar-refractivity contribution in [3.8, 4) is 28.4 Å². The molecule has 0 atom stereocenters. The maximum atomic E-state index is 13.8. The van der Waals surface area contributed by atoms with E-state index >= 15 is 0 Å². The number of benzene rings is 3. The predicted molar refractivity (Wildman–Crippen MR) is 140 cm³/mol. The number of aromatic nitrogens is 1. The molecule has 36 heavy (non-hydrogen) atoms. The second kappa shape index (κ2) is 10.1. The van der Waals surface area contributed by atoms with Gasteiger partial charge in [-0.1, -0.05) is 12.1 Å². The second-order valence-electron chi connectivity index (χ2n) is 7.99. The van der Waals surface area contributed by atoms with Crippen molar-refractivity contribution < 1.29 is 23.4 Å². The van der Waals surface area contributed by atoms with E-state index in [1.54, 1.807) is 63.0 Å². The maximum absolute atomic E-state index is 13.8. The van der Waals surface area contributed by atoms with E-state index in [0.29, 0.717) is 33.9 Å². The molecule has 0 bridgehead atoms. The van der Waals surface area contributed by atoms with Gasteiger partial charge in [-0.05, 0) is 70.4 Å². The number of carbonyl (C=O) groups excluding carboxylic acids is 1. The monoisotopic (exact) mass is 500 g/mol. The average Bonchev–Trinajstić information content (AvgIpc) is 3.61. The summed E-state index contributed by atoms with van der Waals surface area (Å²) in [7, 11) is 4.74. The molecule has 3 aromatic carbocycles. The number of hydrogen-bond acceptors (Lipinski definition) is 7. The number of rotatable bonds is 8. The molecule has 8 heteroatoms. The summed E-state index contributed by atoms with van der Waals surface area (Å²) in [5, 5.41) is 4.11. The Labute approximate surface area is 212 Å². The first-order valence-electron chi connectivity index (χ1n) is 11.2. The molecule has 0 fully saturated rings. The van der Waals surface area contributed by atoms with E-state index in [2.05, 4.69) is 16.4 Å². The fourth-order valence-corrected chi connectivity index (χ4v) is 4.59. The van der Waals surface area contributed by atoms with Gasteiger partial charge in [0.15, 0.2) is 5.58 Å². The third kappa shape index (κ3) is 4.63. The summed E-state index contributed by atoms with van der Waals surface area (Å²) < 4.78 is 22.4. The van der Waals surface area contributed by atoms with Gasteiger partial charge in [-0.3, -0.25) is 9.69 Å². The molecule has 0 radical (unpaired) electrons. The lowest BCUT2D eigenvalue weighted by molar-refractivity contribution is 0.0979. The van der Waals surface area contributed by atoms with Gasteiger partial charge in [-0.2, -0.15) is 16.3 Å². The molecule has 0 unspecified atom stereocenters. The summed E-state index contributed by atoms with van der Waals surface area (Å²) in [5.41, 5.74) is 4.60. The van der Waals surface area contributed by atoms with Crippen LogP contribution in [0.25, 0.3) is 22.2 Å². The number of fused-ring (bicyclic) bond motifs is 1. The Bertz CT molecular complexity index is 1510. The van der Waals surface area contributed by atoms with Crippen molar-refractivity contribution in [3.05, 3.63) is 88.6 Å². The Morgan fingerprint density at radius 2 is 1.75 bits per heavy atom. The molecule has 5 aromatic rings. The van der Waals surface area contributed by atoms with Crippen LogP contribution in [0.2, 0.25) is 0 Å². The van der Waals surface area contributed by atoms with Gasteiger partial charge < -0.3 is 18.6 Å². The molecule has 5 rings (SSSR count). The summed E-state index contributed by atoms with van der Waals surface area (Å²) >= 11 is 1.63. The minimum Gasteiger partial charge on any atom is -0.497 e. The van der Waals surface area contributed by atoms with Crippen LogP contribution in [-0.2, 0) is 6.54 Å². The zero-order valence-electron chi connectivity index (χ0n) is 20.1. The van der Waals surface area contributed by atoms with Crippen molar-refractivity contribution in [2.24, 2.45) is 0 Å². The van der Waals surface area contributed by atoms with Gasteiger partial charge >= 0.3 is 6.01 Å². The molecule has 0 saturated carbocycles. The maximum Gasteiger partial charge on any atom is 0.305 e. The number of oxazole rings is 1. The van der Waals surface area contributed by atoms with E-state index in [1.165, 1.54) is 4.90 Å². The normalized spacial score (nSPS) is 10.9. The van der Waals surface area contributed by atoms with Crippen molar-refractivity contribution in [3.63, 3.8) is 0 Å². The minimum atomic E-state index is -0.281. The van der Waals surface area contributed by atoms with E-state index in [4.69, 9.17) is 18.6 Å². The third-order valence-electron chi connectivity index (χ3n) is 5.85. The molecule has 1 amide bonds. The zero-order chi connectivity index (χ0) is 25.1. The number of hydrogen-bond donors (Lipinski definition) is 0. The average molecular weight is 501 g/mol. The predicted octanol–water partition coefficient (Wildman–Crippen LogP) is 6.43. The number of nitrogens with zero attached hydrogens (tertiary/aromatic N) is 2. The number of amides is 1. The molecule has 0 aliphatic rings. The number of ether oxygens (including phenoxy) is 3. The SMILES string of the molecule is COc1cccc(C(=O)N(Cc2ccc(OC)cc2OC)c2nc3ccc(-c4ccsc4)cc3o2)c1. The molecule has 0 aliphatic carbocycles. The van der Waals surface area contributed by atoms with Crippen LogP contribution in [0.5, 0.6) is 17.2 Å². The van der Waals surface area contributed by atoms with E-state index in [-0.39, 0.29) is 18.5 Å². The Kier molecular flexibility index (Phi) is 6.60. The molecular weight excluding hydrogens is 476 g/mol. The zero-order valence-corrected chi connectivity index (χ0v) is 20.9. The van der Waals surface area contributed by atoms with Crippen LogP contribution >= 0.6 is 11.3 Å². The van der Waals surface area contributed by atoms with Crippen molar-refractivity contribution in [1.29, 1.82) is 0 Å². The minimum absolute atomic E-state index is 0.174. The first kappa shape index (κ1) is 23.4. The summed E-state index contributed by atoms with van der Waals surface area (Å²) in [5.74, 6) is 1.55. The van der Waals surface area contributed by atoms with E-state index in [0.717, 1.165) is 16.7 Å². The summed E-state index contributed by atoms with van der Waals surface area (Å²) in [6.45, 7) is 0.174. The largest absolute Gasteiger partial charge is 0.497 e. The molecule has 0 spiro atoms. The topological polar surface area (TPSA) is 74.0 Å². The van der Waals surface area contributed by atoms with Crippen LogP contribution in [0.1, 0.15) is 15.9 Å². The number of thiophene rings is 1. The van der Waals surface area contributed by atoms with Crippen molar-refractivity contribution in [2.45, 2.75) is 6.54 Å². The Morgan fingerprint density at radius 1 is 0.917 bits per heavy atom. The summed E-state index contributed by atoms with van der Waals surface area (Å²) in [4.78, 5) is 19.9.